The maximum atomic E-state index is 13.2. The van der Waals surface area contributed by atoms with Gasteiger partial charge in [0.2, 0.25) is 0 Å². The maximum Gasteiger partial charge on any atom is 0.191 e. The van der Waals surface area contributed by atoms with E-state index in [1.54, 1.807) is 25.3 Å². The molecule has 0 radical (unpaired) electrons. The van der Waals surface area contributed by atoms with Gasteiger partial charge in [-0.1, -0.05) is 24.3 Å². The fraction of sp³-hybridized carbons (Fsp3) is 0.316. The lowest BCUT2D eigenvalue weighted by molar-refractivity contribution is 0.106. The zero-order chi connectivity index (χ0) is 18.1. The van der Waals surface area contributed by atoms with E-state index in [2.05, 4.69) is 15.6 Å². The zero-order valence-electron chi connectivity index (χ0n) is 14.4. The second-order valence-electron chi connectivity index (χ2n) is 5.48. The molecule has 0 heterocycles. The van der Waals surface area contributed by atoms with Crippen LogP contribution in [0.4, 0.5) is 8.78 Å². The molecular weight excluding hydrogens is 324 g/mol. The van der Waals surface area contributed by atoms with E-state index in [0.29, 0.717) is 25.6 Å². The lowest BCUT2D eigenvalue weighted by atomic mass is 10.1. The summed E-state index contributed by atoms with van der Waals surface area (Å²) >= 11 is 0. The molecule has 0 saturated carbocycles. The molecule has 0 spiro atoms. The van der Waals surface area contributed by atoms with Gasteiger partial charge in [-0.3, -0.25) is 0 Å². The molecule has 0 aliphatic carbocycles. The Labute approximate surface area is 146 Å². The van der Waals surface area contributed by atoms with Gasteiger partial charge in [0.1, 0.15) is 11.6 Å². The summed E-state index contributed by atoms with van der Waals surface area (Å²) in [4.78, 5) is 4.45. The molecular formula is C19H23F2N3O. The van der Waals surface area contributed by atoms with Crippen molar-refractivity contribution in [1.29, 1.82) is 0 Å². The van der Waals surface area contributed by atoms with Crippen LogP contribution in [0.25, 0.3) is 0 Å². The van der Waals surface area contributed by atoms with Gasteiger partial charge in [0, 0.05) is 20.2 Å². The molecule has 134 valence electrons. The fourth-order valence-corrected chi connectivity index (χ4v) is 2.35. The SMILES string of the molecule is CCNC(=NCc1cccc(F)c1)NCC(OC)c1ccc(F)cc1. The Balaban J connectivity index is 1.99. The molecule has 25 heavy (non-hydrogen) atoms. The minimum atomic E-state index is -0.281. The highest BCUT2D eigenvalue weighted by Crippen LogP contribution is 2.16. The fourth-order valence-electron chi connectivity index (χ4n) is 2.35. The summed E-state index contributed by atoms with van der Waals surface area (Å²) in [7, 11) is 1.60. The minimum absolute atomic E-state index is 0.237. The number of rotatable bonds is 7. The quantitative estimate of drug-likeness (QED) is 0.596. The third kappa shape index (κ3) is 6.15. The molecule has 2 rings (SSSR count). The Hall–Kier alpha value is -2.47. The van der Waals surface area contributed by atoms with Crippen molar-refractivity contribution in [3.8, 4) is 0 Å². The number of hydrogen-bond acceptors (Lipinski definition) is 2. The topological polar surface area (TPSA) is 45.7 Å². The van der Waals surface area contributed by atoms with Gasteiger partial charge in [-0.15, -0.1) is 0 Å². The Morgan fingerprint density at radius 1 is 1.08 bits per heavy atom. The Morgan fingerprint density at radius 3 is 2.48 bits per heavy atom. The van der Waals surface area contributed by atoms with Crippen LogP contribution in [0.3, 0.4) is 0 Å². The predicted molar refractivity (Wildman–Crippen MR) is 95.4 cm³/mol. The first-order valence-corrected chi connectivity index (χ1v) is 8.17. The number of benzene rings is 2. The third-order valence-corrected chi connectivity index (χ3v) is 3.63. The normalized spacial score (nSPS) is 12.7. The maximum absolute atomic E-state index is 13.2. The van der Waals surface area contributed by atoms with Gasteiger partial charge >= 0.3 is 0 Å². The largest absolute Gasteiger partial charge is 0.375 e. The van der Waals surface area contributed by atoms with Crippen molar-refractivity contribution < 1.29 is 13.5 Å². The zero-order valence-corrected chi connectivity index (χ0v) is 14.4. The lowest BCUT2D eigenvalue weighted by Gasteiger charge is -2.18. The standard InChI is InChI=1S/C19H23F2N3O/c1-3-22-19(23-12-14-5-4-6-17(21)11-14)24-13-18(25-2)15-7-9-16(20)10-8-15/h4-11,18H,3,12-13H2,1-2H3,(H2,22,23,24). The van der Waals surface area contributed by atoms with Gasteiger partial charge in [0.25, 0.3) is 0 Å². The van der Waals surface area contributed by atoms with E-state index < -0.39 is 0 Å². The molecule has 2 aromatic carbocycles. The molecule has 0 aromatic heterocycles. The number of methoxy groups -OCH3 is 1. The predicted octanol–water partition coefficient (Wildman–Crippen LogP) is 3.41. The van der Waals surface area contributed by atoms with E-state index in [0.717, 1.165) is 11.1 Å². The van der Waals surface area contributed by atoms with Crippen LogP contribution in [-0.4, -0.2) is 26.2 Å². The van der Waals surface area contributed by atoms with Crippen molar-refractivity contribution in [2.75, 3.05) is 20.2 Å². The molecule has 1 atom stereocenters. The lowest BCUT2D eigenvalue weighted by Crippen LogP contribution is -2.39. The summed E-state index contributed by atoms with van der Waals surface area (Å²) in [6, 6.07) is 12.6. The van der Waals surface area contributed by atoms with E-state index >= 15 is 0 Å². The van der Waals surface area contributed by atoms with Gasteiger partial charge in [0.15, 0.2) is 5.96 Å². The summed E-state index contributed by atoms with van der Waals surface area (Å²) in [5, 5.41) is 6.33. The van der Waals surface area contributed by atoms with Crippen molar-refractivity contribution >= 4 is 5.96 Å². The number of nitrogens with one attached hydrogen (secondary N) is 2. The number of aliphatic imine (C=N–C) groups is 1. The monoisotopic (exact) mass is 347 g/mol. The molecule has 2 aromatic rings. The minimum Gasteiger partial charge on any atom is -0.375 e. The number of ether oxygens (including phenoxy) is 1. The molecule has 4 nitrogen and oxygen atoms in total. The van der Waals surface area contributed by atoms with Gasteiger partial charge in [-0.2, -0.15) is 0 Å². The van der Waals surface area contributed by atoms with E-state index in [4.69, 9.17) is 4.74 Å². The van der Waals surface area contributed by atoms with E-state index in [9.17, 15) is 8.78 Å². The molecule has 1 unspecified atom stereocenters. The van der Waals surface area contributed by atoms with Crippen molar-refractivity contribution in [2.45, 2.75) is 19.6 Å². The Kier molecular flexibility index (Phi) is 7.35. The van der Waals surface area contributed by atoms with Crippen molar-refractivity contribution in [2.24, 2.45) is 4.99 Å². The average Bonchev–Trinajstić information content (AvgIpc) is 2.61. The average molecular weight is 347 g/mol. The first-order chi connectivity index (χ1) is 12.1. The molecule has 0 saturated heterocycles. The van der Waals surface area contributed by atoms with Crippen LogP contribution >= 0.6 is 0 Å². The van der Waals surface area contributed by atoms with Crippen LogP contribution in [-0.2, 0) is 11.3 Å². The van der Waals surface area contributed by atoms with Crippen LogP contribution in [0.5, 0.6) is 0 Å². The summed E-state index contributed by atoms with van der Waals surface area (Å²) in [5.41, 5.74) is 1.66. The van der Waals surface area contributed by atoms with Crippen molar-refractivity contribution in [3.05, 3.63) is 71.3 Å². The molecule has 6 heteroatoms. The number of nitrogens with zero attached hydrogens (tertiary/aromatic N) is 1. The van der Waals surface area contributed by atoms with E-state index in [1.165, 1.54) is 24.3 Å². The number of guanidine groups is 1. The van der Waals surface area contributed by atoms with Crippen LogP contribution in [0.2, 0.25) is 0 Å². The highest BCUT2D eigenvalue weighted by molar-refractivity contribution is 5.79. The summed E-state index contributed by atoms with van der Waals surface area (Å²) in [5.74, 6) is 0.0499. The van der Waals surface area contributed by atoms with Gasteiger partial charge in [-0.25, -0.2) is 13.8 Å². The third-order valence-electron chi connectivity index (χ3n) is 3.63. The molecule has 0 fully saturated rings. The number of halogens is 2. The van der Waals surface area contributed by atoms with Gasteiger partial charge in [0.05, 0.1) is 12.6 Å². The highest BCUT2D eigenvalue weighted by Gasteiger charge is 2.11. The van der Waals surface area contributed by atoms with Crippen LogP contribution in [0.1, 0.15) is 24.2 Å². The number of hydrogen-bond donors (Lipinski definition) is 2. The Bertz CT molecular complexity index is 689. The smallest absolute Gasteiger partial charge is 0.191 e. The molecule has 0 aliphatic rings. The Morgan fingerprint density at radius 2 is 1.84 bits per heavy atom. The van der Waals surface area contributed by atoms with Gasteiger partial charge < -0.3 is 15.4 Å². The molecule has 2 N–H and O–H groups in total. The van der Waals surface area contributed by atoms with Crippen molar-refractivity contribution in [1.82, 2.24) is 10.6 Å². The molecule has 0 amide bonds. The van der Waals surface area contributed by atoms with Crippen LogP contribution in [0, 0.1) is 11.6 Å². The first-order valence-electron chi connectivity index (χ1n) is 8.17. The second kappa shape index (κ2) is 9.74. The van der Waals surface area contributed by atoms with E-state index in [1.807, 2.05) is 13.0 Å². The summed E-state index contributed by atoms with van der Waals surface area (Å²) < 4.78 is 31.7. The molecule has 0 aliphatic heterocycles. The summed E-state index contributed by atoms with van der Waals surface area (Å²) in [6.45, 7) is 3.49. The summed E-state index contributed by atoms with van der Waals surface area (Å²) in [6.07, 6.45) is -0.237. The second-order valence-corrected chi connectivity index (χ2v) is 5.48. The highest BCUT2D eigenvalue weighted by atomic mass is 19.1. The van der Waals surface area contributed by atoms with Crippen LogP contribution in [0.15, 0.2) is 53.5 Å². The van der Waals surface area contributed by atoms with Crippen LogP contribution < -0.4 is 10.6 Å². The molecule has 0 bridgehead atoms. The first kappa shape index (κ1) is 18.9. The van der Waals surface area contributed by atoms with Crippen molar-refractivity contribution in [3.63, 3.8) is 0 Å². The van der Waals surface area contributed by atoms with E-state index in [-0.39, 0.29) is 17.7 Å². The van der Waals surface area contributed by atoms with Gasteiger partial charge in [-0.05, 0) is 42.3 Å².